The molecule has 1 aliphatic heterocycles. The first-order valence-electron chi connectivity index (χ1n) is 9.43. The van der Waals surface area contributed by atoms with E-state index in [1.807, 2.05) is 59.6 Å². The molecule has 1 amide bonds. The average Bonchev–Trinajstić information content (AvgIpc) is 2.74. The molecule has 1 aliphatic rings. The summed E-state index contributed by atoms with van der Waals surface area (Å²) in [6, 6.07) is 17.3. The van der Waals surface area contributed by atoms with Crippen LogP contribution in [0.5, 0.6) is 5.75 Å². The van der Waals surface area contributed by atoms with E-state index in [9.17, 15) is 4.79 Å². The highest BCUT2D eigenvalue weighted by molar-refractivity contribution is 6.07. The maximum absolute atomic E-state index is 13.1. The van der Waals surface area contributed by atoms with E-state index in [1.165, 1.54) is 0 Å². The molecule has 0 aliphatic carbocycles. The Hall–Kier alpha value is -2.96. The smallest absolute Gasteiger partial charge is 0.266 e. The number of rotatable bonds is 4. The van der Waals surface area contributed by atoms with Crippen LogP contribution in [0, 0.1) is 0 Å². The molecule has 3 aromatic rings. The summed E-state index contributed by atoms with van der Waals surface area (Å²) in [4.78, 5) is 20.1. The second kappa shape index (κ2) is 7.96. The first kappa shape index (κ1) is 18.4. The Labute approximate surface area is 164 Å². The number of fused-ring (bicyclic) bond motifs is 1. The van der Waals surface area contributed by atoms with Crippen molar-refractivity contribution in [3.05, 3.63) is 60.2 Å². The summed E-state index contributed by atoms with van der Waals surface area (Å²) in [6.07, 6.45) is 0. The predicted octanol–water partition coefficient (Wildman–Crippen LogP) is 2.80. The summed E-state index contributed by atoms with van der Waals surface area (Å²) in [7, 11) is 3.73. The van der Waals surface area contributed by atoms with Crippen molar-refractivity contribution in [3.63, 3.8) is 0 Å². The average molecular weight is 376 g/mol. The van der Waals surface area contributed by atoms with Crippen molar-refractivity contribution in [3.8, 4) is 17.0 Å². The van der Waals surface area contributed by atoms with E-state index in [1.54, 1.807) is 7.11 Å². The Morgan fingerprint density at radius 1 is 1.04 bits per heavy atom. The van der Waals surface area contributed by atoms with Crippen LogP contribution in [-0.2, 0) is 0 Å². The zero-order valence-corrected chi connectivity index (χ0v) is 16.2. The van der Waals surface area contributed by atoms with E-state index in [4.69, 9.17) is 9.72 Å². The molecule has 0 atom stereocenters. The highest BCUT2D eigenvalue weighted by Crippen LogP contribution is 2.27. The summed E-state index contributed by atoms with van der Waals surface area (Å²) in [6.45, 7) is 3.50. The number of piperazine rings is 1. The Balaban J connectivity index is 1.71. The summed E-state index contributed by atoms with van der Waals surface area (Å²) < 4.78 is 5.33. The van der Waals surface area contributed by atoms with Crippen LogP contribution in [0.1, 0.15) is 10.4 Å². The van der Waals surface area contributed by atoms with Crippen molar-refractivity contribution in [2.75, 3.05) is 40.3 Å². The number of carbonyl (C=O) groups is 1. The molecular weight excluding hydrogens is 352 g/mol. The van der Waals surface area contributed by atoms with Gasteiger partial charge in [0.1, 0.15) is 5.75 Å². The van der Waals surface area contributed by atoms with Crippen LogP contribution in [-0.4, -0.2) is 61.1 Å². The molecular formula is C22H24N4O2. The summed E-state index contributed by atoms with van der Waals surface area (Å²) >= 11 is 0. The van der Waals surface area contributed by atoms with Crippen LogP contribution in [0.4, 0.5) is 0 Å². The molecule has 1 fully saturated rings. The number of pyridine rings is 1. The fourth-order valence-electron chi connectivity index (χ4n) is 3.42. The lowest BCUT2D eigenvalue weighted by molar-refractivity contribution is 0.0664. The number of amides is 1. The number of aromatic nitrogens is 1. The van der Waals surface area contributed by atoms with Crippen molar-refractivity contribution in [2.45, 2.75) is 0 Å². The van der Waals surface area contributed by atoms with E-state index >= 15 is 0 Å². The minimum Gasteiger partial charge on any atom is -0.497 e. The number of hydrogen-bond donors (Lipinski definition) is 1. The van der Waals surface area contributed by atoms with Crippen molar-refractivity contribution in [1.29, 1.82) is 0 Å². The van der Waals surface area contributed by atoms with E-state index < -0.39 is 0 Å². The normalized spacial score (nSPS) is 15.5. The number of methoxy groups -OCH3 is 1. The van der Waals surface area contributed by atoms with Gasteiger partial charge in [-0.15, -0.1) is 0 Å². The quantitative estimate of drug-likeness (QED) is 0.759. The van der Waals surface area contributed by atoms with Crippen LogP contribution in [0.3, 0.4) is 0 Å². The highest BCUT2D eigenvalue weighted by Gasteiger charge is 2.19. The van der Waals surface area contributed by atoms with Gasteiger partial charge in [-0.1, -0.05) is 30.3 Å². The number of hydrogen-bond acceptors (Lipinski definition) is 5. The maximum Gasteiger partial charge on any atom is 0.266 e. The van der Waals surface area contributed by atoms with Gasteiger partial charge in [-0.25, -0.2) is 9.99 Å². The van der Waals surface area contributed by atoms with Gasteiger partial charge in [-0.3, -0.25) is 10.2 Å². The van der Waals surface area contributed by atoms with Crippen molar-refractivity contribution in [1.82, 2.24) is 20.3 Å². The van der Waals surface area contributed by atoms with Gasteiger partial charge in [0, 0.05) is 37.1 Å². The lowest BCUT2D eigenvalue weighted by atomic mass is 10.0. The monoisotopic (exact) mass is 376 g/mol. The molecule has 0 spiro atoms. The van der Waals surface area contributed by atoms with Gasteiger partial charge < -0.3 is 9.64 Å². The number of para-hydroxylation sites is 1. The molecule has 4 rings (SSSR count). The Morgan fingerprint density at radius 2 is 1.82 bits per heavy atom. The van der Waals surface area contributed by atoms with Crippen LogP contribution in [0.25, 0.3) is 22.2 Å². The summed E-state index contributed by atoms with van der Waals surface area (Å²) in [5.74, 6) is 0.656. The Bertz CT molecular complexity index is 997. The second-order valence-corrected chi connectivity index (χ2v) is 7.04. The Morgan fingerprint density at radius 3 is 2.61 bits per heavy atom. The van der Waals surface area contributed by atoms with Gasteiger partial charge in [0.05, 0.1) is 23.9 Å². The van der Waals surface area contributed by atoms with Gasteiger partial charge >= 0.3 is 0 Å². The first-order chi connectivity index (χ1) is 13.6. The number of ether oxygens (including phenoxy) is 1. The van der Waals surface area contributed by atoms with Crippen molar-refractivity contribution >= 4 is 16.8 Å². The largest absolute Gasteiger partial charge is 0.497 e. The summed E-state index contributed by atoms with van der Waals surface area (Å²) in [5.41, 5.74) is 6.16. The Kier molecular flexibility index (Phi) is 5.23. The van der Waals surface area contributed by atoms with Gasteiger partial charge in [0.25, 0.3) is 5.91 Å². The minimum atomic E-state index is -0.104. The van der Waals surface area contributed by atoms with Gasteiger partial charge in [0.15, 0.2) is 0 Å². The van der Waals surface area contributed by atoms with Gasteiger partial charge in [-0.05, 0) is 31.3 Å². The third-order valence-corrected chi connectivity index (χ3v) is 5.09. The molecule has 2 heterocycles. The number of benzene rings is 2. The topological polar surface area (TPSA) is 57.7 Å². The van der Waals surface area contributed by atoms with E-state index in [0.29, 0.717) is 5.56 Å². The SMILES string of the molecule is COc1cccc(-c2cc(C(=O)NN3CCN(C)CC3)c3ccccc3n2)c1. The zero-order valence-electron chi connectivity index (χ0n) is 16.2. The standard InChI is InChI=1S/C22H24N4O2/c1-25-10-12-26(13-11-25)24-22(27)19-15-21(16-6-5-7-17(14-16)28-2)23-20-9-4-3-8-18(19)20/h3-9,14-15H,10-13H2,1-2H3,(H,24,27). The second-order valence-electron chi connectivity index (χ2n) is 7.04. The van der Waals surface area contributed by atoms with Crippen LogP contribution in [0.15, 0.2) is 54.6 Å². The van der Waals surface area contributed by atoms with E-state index in [2.05, 4.69) is 17.4 Å². The van der Waals surface area contributed by atoms with Gasteiger partial charge in [0.2, 0.25) is 0 Å². The molecule has 0 saturated carbocycles. The maximum atomic E-state index is 13.1. The molecule has 0 unspecified atom stereocenters. The van der Waals surface area contributed by atoms with Crippen molar-refractivity contribution in [2.24, 2.45) is 0 Å². The lowest BCUT2D eigenvalue weighted by Crippen LogP contribution is -2.52. The predicted molar refractivity (Wildman–Crippen MR) is 110 cm³/mol. The van der Waals surface area contributed by atoms with Crippen LogP contribution < -0.4 is 10.2 Å². The number of likely N-dealkylation sites (N-methyl/N-ethyl adjacent to an activating group) is 1. The van der Waals surface area contributed by atoms with E-state index in [0.717, 1.165) is 54.1 Å². The number of nitrogens with one attached hydrogen (secondary N) is 1. The molecule has 144 valence electrons. The number of nitrogens with zero attached hydrogens (tertiary/aromatic N) is 3. The molecule has 0 radical (unpaired) electrons. The molecule has 6 heteroatoms. The molecule has 1 aromatic heterocycles. The third-order valence-electron chi connectivity index (χ3n) is 5.09. The van der Waals surface area contributed by atoms with Crippen LogP contribution in [0.2, 0.25) is 0 Å². The molecule has 28 heavy (non-hydrogen) atoms. The van der Waals surface area contributed by atoms with E-state index in [-0.39, 0.29) is 5.91 Å². The first-order valence-corrected chi connectivity index (χ1v) is 9.43. The fraction of sp³-hybridized carbons (Fsp3) is 0.273. The molecule has 1 saturated heterocycles. The summed E-state index contributed by atoms with van der Waals surface area (Å²) in [5, 5.41) is 2.84. The molecule has 6 nitrogen and oxygen atoms in total. The fourth-order valence-corrected chi connectivity index (χ4v) is 3.42. The highest BCUT2D eigenvalue weighted by atomic mass is 16.5. The minimum absolute atomic E-state index is 0.104. The lowest BCUT2D eigenvalue weighted by Gasteiger charge is -2.32. The van der Waals surface area contributed by atoms with Gasteiger partial charge in [-0.2, -0.15) is 0 Å². The number of carbonyl (C=O) groups excluding carboxylic acids is 1. The van der Waals surface area contributed by atoms with Crippen LogP contribution >= 0.6 is 0 Å². The molecule has 1 N–H and O–H groups in total. The zero-order chi connectivity index (χ0) is 19.5. The number of hydrazine groups is 1. The van der Waals surface area contributed by atoms with Crippen molar-refractivity contribution < 1.29 is 9.53 Å². The third kappa shape index (κ3) is 3.83. The molecule has 2 aromatic carbocycles. The molecule has 0 bridgehead atoms.